The molecule has 0 aromatic carbocycles. The zero-order valence-electron chi connectivity index (χ0n) is 13.3. The van der Waals surface area contributed by atoms with Gasteiger partial charge in [-0.25, -0.2) is 9.97 Å². The molecule has 0 spiro atoms. The van der Waals surface area contributed by atoms with E-state index in [0.717, 1.165) is 24.5 Å². The normalized spacial score (nSPS) is 15.6. The smallest absolute Gasteiger partial charge is 0.335 e. The third kappa shape index (κ3) is 2.76. The highest BCUT2D eigenvalue weighted by atomic mass is 19.4. The van der Waals surface area contributed by atoms with E-state index in [-0.39, 0.29) is 23.5 Å². The minimum absolute atomic E-state index is 0.0284. The molecule has 0 fully saturated rings. The predicted octanol–water partition coefficient (Wildman–Crippen LogP) is 3.08. The van der Waals surface area contributed by atoms with Crippen LogP contribution in [0.5, 0.6) is 0 Å². The quantitative estimate of drug-likeness (QED) is 0.845. The summed E-state index contributed by atoms with van der Waals surface area (Å²) < 4.78 is 41.0. The number of nitrogens with zero attached hydrogens (tertiary/aromatic N) is 4. The number of hydrogen-bond acceptors (Lipinski definition) is 3. The first-order chi connectivity index (χ1) is 11.3. The molecule has 0 saturated heterocycles. The Morgan fingerprint density at radius 1 is 1.29 bits per heavy atom. The summed E-state index contributed by atoms with van der Waals surface area (Å²) in [6, 6.07) is 1.67. The number of rotatable bonds is 2. The van der Waals surface area contributed by atoms with Crippen molar-refractivity contribution in [3.63, 3.8) is 0 Å². The third-order valence-electron chi connectivity index (χ3n) is 4.13. The molecule has 0 aliphatic carbocycles. The van der Waals surface area contributed by atoms with Gasteiger partial charge < -0.3 is 4.90 Å². The second-order valence-corrected chi connectivity index (χ2v) is 6.01. The van der Waals surface area contributed by atoms with Crippen LogP contribution in [0.25, 0.3) is 5.82 Å². The van der Waals surface area contributed by atoms with Crippen LogP contribution in [0.2, 0.25) is 0 Å². The van der Waals surface area contributed by atoms with Crippen LogP contribution in [-0.2, 0) is 12.6 Å². The number of hydrogen-bond donors (Lipinski definition) is 0. The monoisotopic (exact) mass is 338 g/mol. The number of amides is 1. The van der Waals surface area contributed by atoms with E-state index in [1.165, 1.54) is 10.8 Å². The third-order valence-corrected chi connectivity index (χ3v) is 4.13. The number of aryl methyl sites for hydroxylation is 1. The van der Waals surface area contributed by atoms with Crippen LogP contribution in [0.4, 0.5) is 13.2 Å². The van der Waals surface area contributed by atoms with Gasteiger partial charge in [-0.1, -0.05) is 0 Å². The Hall–Kier alpha value is -2.38. The fourth-order valence-electron chi connectivity index (χ4n) is 2.98. The summed E-state index contributed by atoms with van der Waals surface area (Å²) in [6.45, 7) is 4.37. The van der Waals surface area contributed by atoms with E-state index in [1.54, 1.807) is 11.0 Å². The number of aromatic nitrogens is 3. The van der Waals surface area contributed by atoms with Crippen LogP contribution >= 0.6 is 0 Å². The highest BCUT2D eigenvalue weighted by Gasteiger charge is 2.37. The van der Waals surface area contributed by atoms with Crippen molar-refractivity contribution in [3.05, 3.63) is 41.6 Å². The largest absolute Gasteiger partial charge is 0.421 e. The van der Waals surface area contributed by atoms with Crippen LogP contribution in [0, 0.1) is 0 Å². The van der Waals surface area contributed by atoms with Gasteiger partial charge in [0.25, 0.3) is 5.91 Å². The average molecular weight is 338 g/mol. The van der Waals surface area contributed by atoms with E-state index in [1.807, 2.05) is 13.8 Å². The van der Waals surface area contributed by atoms with Gasteiger partial charge >= 0.3 is 6.18 Å². The molecule has 0 atom stereocenters. The molecule has 128 valence electrons. The molecule has 5 nitrogen and oxygen atoms in total. The summed E-state index contributed by atoms with van der Waals surface area (Å²) in [5.41, 5.74) is 0.0387. The maximum absolute atomic E-state index is 13.3. The van der Waals surface area contributed by atoms with Gasteiger partial charge in [-0.3, -0.25) is 9.36 Å². The minimum atomic E-state index is -4.60. The molecule has 0 radical (unpaired) electrons. The van der Waals surface area contributed by atoms with Crippen LogP contribution in [0.3, 0.4) is 0 Å². The van der Waals surface area contributed by atoms with Gasteiger partial charge in [-0.2, -0.15) is 13.2 Å². The molecule has 0 bridgehead atoms. The Morgan fingerprint density at radius 3 is 2.71 bits per heavy atom. The first kappa shape index (κ1) is 16.5. The van der Waals surface area contributed by atoms with E-state index in [9.17, 15) is 18.0 Å². The van der Waals surface area contributed by atoms with Crippen molar-refractivity contribution >= 4 is 5.91 Å². The van der Waals surface area contributed by atoms with Crippen LogP contribution in [-0.4, -0.2) is 37.9 Å². The number of carbonyl (C=O) groups is 1. The maximum Gasteiger partial charge on any atom is 0.421 e. The highest BCUT2D eigenvalue weighted by Crippen LogP contribution is 2.34. The van der Waals surface area contributed by atoms with Crippen LogP contribution < -0.4 is 0 Å². The summed E-state index contributed by atoms with van der Waals surface area (Å²) in [6.07, 6.45) is 0.0816. The highest BCUT2D eigenvalue weighted by molar-refractivity contribution is 5.95. The van der Waals surface area contributed by atoms with Gasteiger partial charge in [0, 0.05) is 25.0 Å². The molecule has 1 amide bonds. The van der Waals surface area contributed by atoms with Gasteiger partial charge in [0.15, 0.2) is 5.82 Å². The van der Waals surface area contributed by atoms with Crippen molar-refractivity contribution < 1.29 is 18.0 Å². The minimum Gasteiger partial charge on any atom is -0.335 e. The average Bonchev–Trinajstić information content (AvgIpc) is 2.86. The number of alkyl halides is 3. The molecule has 2 aromatic rings. The second-order valence-electron chi connectivity index (χ2n) is 6.01. The molecule has 8 heteroatoms. The summed E-state index contributed by atoms with van der Waals surface area (Å²) in [5.74, 6) is -0.591. The topological polar surface area (TPSA) is 51.0 Å². The summed E-state index contributed by atoms with van der Waals surface area (Å²) >= 11 is 0. The lowest BCUT2D eigenvalue weighted by Crippen LogP contribution is -2.38. The van der Waals surface area contributed by atoms with Crippen molar-refractivity contribution in [3.8, 4) is 5.82 Å². The summed E-state index contributed by atoms with van der Waals surface area (Å²) in [4.78, 5) is 21.8. The molecular formula is C16H17F3N4O. The Balaban J connectivity index is 2.17. The molecule has 0 saturated carbocycles. The van der Waals surface area contributed by atoms with Gasteiger partial charge in [0.1, 0.15) is 17.6 Å². The standard InChI is InChI=1S/C16H17F3N4O/c1-10(2)22-6-3-4-11-5-7-23(13(11)15(22)24)14-12(16(17,18)19)8-20-9-21-14/h5,7-10H,3-4,6H2,1-2H3. The predicted molar refractivity (Wildman–Crippen MR) is 80.9 cm³/mol. The zero-order valence-corrected chi connectivity index (χ0v) is 13.3. The lowest BCUT2D eigenvalue weighted by Gasteiger charge is -2.25. The Morgan fingerprint density at radius 2 is 2.04 bits per heavy atom. The van der Waals surface area contributed by atoms with Crippen molar-refractivity contribution in [1.29, 1.82) is 0 Å². The molecule has 3 rings (SSSR count). The molecule has 0 unspecified atom stereocenters. The zero-order chi connectivity index (χ0) is 17.5. The van der Waals surface area contributed by atoms with E-state index < -0.39 is 11.7 Å². The Labute approximate surface area is 137 Å². The molecule has 0 N–H and O–H groups in total. The van der Waals surface area contributed by atoms with Crippen LogP contribution in [0.15, 0.2) is 24.8 Å². The molecule has 1 aliphatic rings. The Bertz CT molecular complexity index is 767. The molecule has 24 heavy (non-hydrogen) atoms. The van der Waals surface area contributed by atoms with E-state index in [0.29, 0.717) is 13.0 Å². The molecule has 1 aliphatic heterocycles. The van der Waals surface area contributed by atoms with Crippen molar-refractivity contribution in [2.24, 2.45) is 0 Å². The summed E-state index contributed by atoms with van der Waals surface area (Å²) in [5, 5.41) is 0. The first-order valence-electron chi connectivity index (χ1n) is 7.69. The fourth-order valence-corrected chi connectivity index (χ4v) is 2.98. The molecule has 3 heterocycles. The SMILES string of the molecule is CC(C)N1CCCc2ccn(-c3ncncc3C(F)(F)F)c2C1=O. The van der Waals surface area contributed by atoms with Crippen molar-refractivity contribution in [2.75, 3.05) is 6.54 Å². The Kier molecular flexibility index (Phi) is 4.06. The molecule has 2 aromatic heterocycles. The van der Waals surface area contributed by atoms with E-state index >= 15 is 0 Å². The number of fused-ring (bicyclic) bond motifs is 1. The van der Waals surface area contributed by atoms with E-state index in [4.69, 9.17) is 0 Å². The van der Waals surface area contributed by atoms with Crippen LogP contribution in [0.1, 0.15) is 41.9 Å². The van der Waals surface area contributed by atoms with E-state index in [2.05, 4.69) is 9.97 Å². The van der Waals surface area contributed by atoms with Crippen molar-refractivity contribution in [2.45, 2.75) is 38.9 Å². The fraction of sp³-hybridized carbons (Fsp3) is 0.438. The summed E-state index contributed by atoms with van der Waals surface area (Å²) in [7, 11) is 0. The van der Waals surface area contributed by atoms with Gasteiger partial charge in [-0.05, 0) is 38.3 Å². The van der Waals surface area contributed by atoms with Crippen molar-refractivity contribution in [1.82, 2.24) is 19.4 Å². The van der Waals surface area contributed by atoms with Gasteiger partial charge in [0.05, 0.1) is 0 Å². The lowest BCUT2D eigenvalue weighted by atomic mass is 10.1. The number of carbonyl (C=O) groups excluding carboxylic acids is 1. The first-order valence-corrected chi connectivity index (χ1v) is 7.69. The lowest BCUT2D eigenvalue weighted by molar-refractivity contribution is -0.138. The van der Waals surface area contributed by atoms with Gasteiger partial charge in [-0.15, -0.1) is 0 Å². The molecular weight excluding hydrogens is 321 g/mol. The maximum atomic E-state index is 13.3. The van der Waals surface area contributed by atoms with Gasteiger partial charge in [0.2, 0.25) is 0 Å². The second kappa shape index (κ2) is 5.92. The number of halogens is 3.